The van der Waals surface area contributed by atoms with Crippen molar-refractivity contribution in [2.24, 2.45) is 0 Å². The van der Waals surface area contributed by atoms with Crippen LogP contribution in [0.3, 0.4) is 0 Å². The van der Waals surface area contributed by atoms with Crippen molar-refractivity contribution >= 4 is 11.9 Å². The molecule has 2 aromatic rings. The molecule has 0 bridgehead atoms. The van der Waals surface area contributed by atoms with E-state index in [2.05, 4.69) is 0 Å². The van der Waals surface area contributed by atoms with Gasteiger partial charge in [0.05, 0.1) is 5.56 Å². The predicted molar refractivity (Wildman–Crippen MR) is 108 cm³/mol. The van der Waals surface area contributed by atoms with Gasteiger partial charge in [-0.15, -0.1) is 0 Å². The highest BCUT2D eigenvalue weighted by Crippen LogP contribution is 2.47. The molecule has 0 spiro atoms. The number of carbonyl (C=O) groups excluding carboxylic acids is 1. The molecule has 1 aliphatic rings. The SMILES string of the molecule is CC(C)=CCc1c(O)c(C(=O)c2cccc(O)c2)c(O)c2c1OC(C)(C)C=C2. The number of hydrogen-bond acceptors (Lipinski definition) is 5. The summed E-state index contributed by atoms with van der Waals surface area (Å²) in [6, 6.07) is 5.80. The van der Waals surface area contributed by atoms with Crippen LogP contribution in [0.1, 0.15) is 54.7 Å². The number of phenols is 3. The molecule has 0 aliphatic carbocycles. The Morgan fingerprint density at radius 1 is 1.14 bits per heavy atom. The highest BCUT2D eigenvalue weighted by molar-refractivity contribution is 6.13. The summed E-state index contributed by atoms with van der Waals surface area (Å²) in [4.78, 5) is 13.0. The van der Waals surface area contributed by atoms with E-state index in [1.807, 2.05) is 33.8 Å². The van der Waals surface area contributed by atoms with E-state index in [1.54, 1.807) is 12.2 Å². The Morgan fingerprint density at radius 2 is 1.86 bits per heavy atom. The van der Waals surface area contributed by atoms with Crippen LogP contribution in [0, 0.1) is 0 Å². The predicted octanol–water partition coefficient (Wildman–Crippen LogP) is 4.73. The number of phenolic OH excluding ortho intramolecular Hbond substituents is 3. The van der Waals surface area contributed by atoms with Gasteiger partial charge < -0.3 is 20.1 Å². The summed E-state index contributed by atoms with van der Waals surface area (Å²) < 4.78 is 6.02. The zero-order chi connectivity index (χ0) is 20.6. The van der Waals surface area contributed by atoms with Crippen LogP contribution in [-0.2, 0) is 6.42 Å². The first kappa shape index (κ1) is 19.5. The second-order valence-electron chi connectivity index (χ2n) is 7.70. The van der Waals surface area contributed by atoms with Crippen LogP contribution in [0.5, 0.6) is 23.0 Å². The van der Waals surface area contributed by atoms with E-state index in [4.69, 9.17) is 4.74 Å². The molecule has 0 radical (unpaired) electrons. The largest absolute Gasteiger partial charge is 0.508 e. The summed E-state index contributed by atoms with van der Waals surface area (Å²) in [6.07, 6.45) is 5.77. The average Bonchev–Trinajstić information content (AvgIpc) is 2.60. The molecule has 0 unspecified atom stereocenters. The lowest BCUT2D eigenvalue weighted by Crippen LogP contribution is -2.28. The molecule has 5 nitrogen and oxygen atoms in total. The molecule has 3 rings (SSSR count). The fourth-order valence-corrected chi connectivity index (χ4v) is 3.13. The van der Waals surface area contributed by atoms with Crippen molar-refractivity contribution in [3.05, 3.63) is 64.2 Å². The van der Waals surface area contributed by atoms with E-state index in [0.717, 1.165) is 5.57 Å². The van der Waals surface area contributed by atoms with Crippen molar-refractivity contribution in [2.75, 3.05) is 0 Å². The molecule has 1 aliphatic heterocycles. The fraction of sp³-hybridized carbons (Fsp3) is 0.261. The zero-order valence-electron chi connectivity index (χ0n) is 16.4. The first-order valence-electron chi connectivity index (χ1n) is 9.07. The van der Waals surface area contributed by atoms with Crippen molar-refractivity contribution in [1.29, 1.82) is 0 Å². The minimum atomic E-state index is -0.609. The van der Waals surface area contributed by atoms with Crippen LogP contribution in [0.4, 0.5) is 0 Å². The minimum absolute atomic E-state index is 0.0717. The summed E-state index contributed by atoms with van der Waals surface area (Å²) in [5.74, 6) is -0.933. The van der Waals surface area contributed by atoms with Crippen LogP contribution in [0.25, 0.3) is 6.08 Å². The van der Waals surface area contributed by atoms with Crippen LogP contribution in [0.15, 0.2) is 42.0 Å². The van der Waals surface area contributed by atoms with Gasteiger partial charge >= 0.3 is 0 Å². The average molecular weight is 380 g/mol. The van der Waals surface area contributed by atoms with Crippen molar-refractivity contribution in [3.63, 3.8) is 0 Å². The summed E-state index contributed by atoms with van der Waals surface area (Å²) >= 11 is 0. The van der Waals surface area contributed by atoms with E-state index in [1.165, 1.54) is 24.3 Å². The fourth-order valence-electron chi connectivity index (χ4n) is 3.13. The molecule has 146 valence electrons. The molecule has 0 fully saturated rings. The lowest BCUT2D eigenvalue weighted by molar-refractivity contribution is 0.103. The first-order valence-corrected chi connectivity index (χ1v) is 9.07. The van der Waals surface area contributed by atoms with Crippen molar-refractivity contribution in [3.8, 4) is 23.0 Å². The van der Waals surface area contributed by atoms with Crippen molar-refractivity contribution in [2.45, 2.75) is 39.7 Å². The van der Waals surface area contributed by atoms with Gasteiger partial charge in [-0.05, 0) is 58.4 Å². The third kappa shape index (κ3) is 3.60. The maximum atomic E-state index is 13.0. The Kier molecular flexibility index (Phi) is 4.94. The van der Waals surface area contributed by atoms with Crippen LogP contribution in [0.2, 0.25) is 0 Å². The number of ether oxygens (including phenoxy) is 1. The summed E-state index contributed by atoms with van der Waals surface area (Å²) in [7, 11) is 0. The molecule has 0 atom stereocenters. The summed E-state index contributed by atoms with van der Waals surface area (Å²) in [6.45, 7) is 7.62. The third-order valence-electron chi connectivity index (χ3n) is 4.60. The van der Waals surface area contributed by atoms with E-state index in [-0.39, 0.29) is 28.4 Å². The number of hydrogen-bond donors (Lipinski definition) is 3. The summed E-state index contributed by atoms with van der Waals surface area (Å²) in [5.41, 5.74) is 1.21. The maximum absolute atomic E-state index is 13.0. The lowest BCUT2D eigenvalue weighted by Gasteiger charge is -2.31. The Balaban J connectivity index is 2.25. The van der Waals surface area contributed by atoms with Gasteiger partial charge in [-0.25, -0.2) is 0 Å². The van der Waals surface area contributed by atoms with E-state index >= 15 is 0 Å². The van der Waals surface area contributed by atoms with Gasteiger partial charge in [0.25, 0.3) is 0 Å². The second-order valence-corrected chi connectivity index (χ2v) is 7.70. The molecule has 0 saturated heterocycles. The molecule has 0 saturated carbocycles. The summed E-state index contributed by atoms with van der Waals surface area (Å²) in [5, 5.41) is 31.4. The standard InChI is InChI=1S/C23H24O5/c1-13(2)8-9-16-20(26)18(19(25)14-6-5-7-15(24)12-14)21(27)17-10-11-23(3,4)28-22(16)17/h5-8,10-12,24,26-27H,9H2,1-4H3. The molecule has 0 amide bonds. The minimum Gasteiger partial charge on any atom is -0.508 e. The number of rotatable bonds is 4. The topological polar surface area (TPSA) is 87.0 Å². The first-order chi connectivity index (χ1) is 13.1. The molecular formula is C23H24O5. The van der Waals surface area contributed by atoms with Gasteiger partial charge in [-0.3, -0.25) is 4.79 Å². The zero-order valence-corrected chi connectivity index (χ0v) is 16.4. The monoisotopic (exact) mass is 380 g/mol. The van der Waals surface area contributed by atoms with Gasteiger partial charge in [0.1, 0.15) is 34.2 Å². The molecule has 0 aromatic heterocycles. The molecule has 28 heavy (non-hydrogen) atoms. The number of allylic oxidation sites excluding steroid dienone is 2. The number of fused-ring (bicyclic) bond motifs is 1. The van der Waals surface area contributed by atoms with Crippen LogP contribution < -0.4 is 4.74 Å². The van der Waals surface area contributed by atoms with Crippen molar-refractivity contribution < 1.29 is 24.9 Å². The van der Waals surface area contributed by atoms with Gasteiger partial charge in [-0.2, -0.15) is 0 Å². The number of ketones is 1. The van der Waals surface area contributed by atoms with Gasteiger partial charge in [0.2, 0.25) is 5.78 Å². The molecule has 2 aromatic carbocycles. The van der Waals surface area contributed by atoms with Crippen LogP contribution >= 0.6 is 0 Å². The number of carbonyl (C=O) groups is 1. The van der Waals surface area contributed by atoms with E-state index in [9.17, 15) is 20.1 Å². The Bertz CT molecular complexity index is 1010. The van der Waals surface area contributed by atoms with Crippen LogP contribution in [-0.4, -0.2) is 26.7 Å². The number of aromatic hydroxyl groups is 3. The highest BCUT2D eigenvalue weighted by Gasteiger charge is 2.32. The van der Waals surface area contributed by atoms with Gasteiger partial charge in [-0.1, -0.05) is 23.8 Å². The Labute approximate surface area is 164 Å². The molecular weight excluding hydrogens is 356 g/mol. The Morgan fingerprint density at radius 3 is 2.50 bits per heavy atom. The van der Waals surface area contributed by atoms with E-state index in [0.29, 0.717) is 23.3 Å². The third-order valence-corrected chi connectivity index (χ3v) is 4.60. The molecule has 3 N–H and O–H groups in total. The molecule has 1 heterocycles. The normalized spacial score (nSPS) is 14.1. The highest BCUT2D eigenvalue weighted by atomic mass is 16.5. The van der Waals surface area contributed by atoms with E-state index < -0.39 is 11.4 Å². The van der Waals surface area contributed by atoms with Gasteiger partial charge in [0.15, 0.2) is 0 Å². The molecule has 5 heteroatoms. The Hall–Kier alpha value is -3.21. The maximum Gasteiger partial charge on any atom is 0.200 e. The number of benzene rings is 2. The lowest BCUT2D eigenvalue weighted by atomic mass is 9.90. The smallest absolute Gasteiger partial charge is 0.200 e. The van der Waals surface area contributed by atoms with Gasteiger partial charge in [0, 0.05) is 11.1 Å². The second kappa shape index (κ2) is 7.08. The quantitative estimate of drug-likeness (QED) is 0.527. The van der Waals surface area contributed by atoms with Crippen molar-refractivity contribution in [1.82, 2.24) is 0 Å².